The molecule has 0 bridgehead atoms. The summed E-state index contributed by atoms with van der Waals surface area (Å²) < 4.78 is 2.22. The Morgan fingerprint density at radius 2 is 1.29 bits per heavy atom. The molecule has 0 saturated heterocycles. The van der Waals surface area contributed by atoms with Crippen LogP contribution in [0.15, 0.2) is 129 Å². The van der Waals surface area contributed by atoms with E-state index in [1.807, 2.05) is 82.3 Å². The SMILES string of the molecule is C/C=C\C.C=C/C(C)=C(\C=C)c1cc2c(C=C)cn(-c3ccccc3)c2cc1C.CC.CCC.Cc1ccccc1. The number of hydrogen-bond acceptors (Lipinski definition) is 0. The third-order valence-corrected chi connectivity index (χ3v) is 5.93. The molecule has 0 aliphatic heterocycles. The van der Waals surface area contributed by atoms with Crippen molar-refractivity contribution in [2.45, 2.75) is 68.7 Å². The molecule has 0 unspecified atom stereocenters. The summed E-state index contributed by atoms with van der Waals surface area (Å²) in [6, 6.07) is 25.1. The van der Waals surface area contributed by atoms with Gasteiger partial charge in [0.25, 0.3) is 0 Å². The summed E-state index contributed by atoms with van der Waals surface area (Å²) in [4.78, 5) is 0. The molecule has 0 saturated carbocycles. The van der Waals surface area contributed by atoms with Gasteiger partial charge in [-0.3, -0.25) is 0 Å². The van der Waals surface area contributed by atoms with Crippen LogP contribution in [0.1, 0.15) is 77.1 Å². The second kappa shape index (κ2) is 21.7. The molecule has 4 aromatic rings. The topological polar surface area (TPSA) is 4.93 Å². The Hall–Kier alpha value is -4.10. The second-order valence-corrected chi connectivity index (χ2v) is 9.21. The van der Waals surface area contributed by atoms with Gasteiger partial charge in [0.05, 0.1) is 5.52 Å². The van der Waals surface area contributed by atoms with Crippen LogP contribution in [0.25, 0.3) is 28.2 Å². The van der Waals surface area contributed by atoms with E-state index in [4.69, 9.17) is 0 Å². The number of hydrogen-bond donors (Lipinski definition) is 0. The molecule has 0 radical (unpaired) electrons. The van der Waals surface area contributed by atoms with E-state index in [1.54, 1.807) is 0 Å². The summed E-state index contributed by atoms with van der Waals surface area (Å²) in [7, 11) is 0. The van der Waals surface area contributed by atoms with E-state index in [9.17, 15) is 0 Å². The molecule has 1 heteroatoms. The minimum absolute atomic E-state index is 1.12. The molecule has 1 heterocycles. The summed E-state index contributed by atoms with van der Waals surface area (Å²) >= 11 is 0. The van der Waals surface area contributed by atoms with Crippen LogP contribution in [0, 0.1) is 13.8 Å². The summed E-state index contributed by atoms with van der Waals surface area (Å²) in [6.45, 7) is 30.4. The molecule has 1 nitrogen and oxygen atoms in total. The number of allylic oxidation sites excluding steroid dienone is 6. The molecule has 3 aromatic carbocycles. The zero-order valence-electron chi connectivity index (χ0n) is 27.2. The number of nitrogens with zero attached hydrogens (tertiary/aromatic N) is 1. The third-order valence-electron chi connectivity index (χ3n) is 5.93. The van der Waals surface area contributed by atoms with Crippen LogP contribution in [0.4, 0.5) is 0 Å². The van der Waals surface area contributed by atoms with Gasteiger partial charge in [-0.1, -0.05) is 138 Å². The van der Waals surface area contributed by atoms with Gasteiger partial charge in [-0.2, -0.15) is 0 Å². The molecule has 0 atom stereocenters. The van der Waals surface area contributed by atoms with Crippen molar-refractivity contribution in [3.63, 3.8) is 0 Å². The molecular formula is C40H53N. The van der Waals surface area contributed by atoms with Gasteiger partial charge < -0.3 is 4.57 Å². The smallest absolute Gasteiger partial charge is 0.0537 e. The number of para-hydroxylation sites is 1. The van der Waals surface area contributed by atoms with Gasteiger partial charge in [-0.25, -0.2) is 0 Å². The Bertz CT molecular complexity index is 1360. The molecule has 1 aromatic heterocycles. The van der Waals surface area contributed by atoms with Gasteiger partial charge in [0, 0.05) is 17.3 Å². The minimum Gasteiger partial charge on any atom is -0.316 e. The molecule has 0 amide bonds. The van der Waals surface area contributed by atoms with Crippen LogP contribution < -0.4 is 0 Å². The van der Waals surface area contributed by atoms with Crippen LogP contribution in [0.3, 0.4) is 0 Å². The zero-order chi connectivity index (χ0) is 31.2. The average Bonchev–Trinajstić information content (AvgIpc) is 3.37. The number of fused-ring (bicyclic) bond motifs is 1. The van der Waals surface area contributed by atoms with E-state index in [1.165, 1.54) is 34.0 Å². The van der Waals surface area contributed by atoms with Gasteiger partial charge in [-0.15, -0.1) is 0 Å². The fraction of sp³-hybridized carbons (Fsp3) is 0.250. The lowest BCUT2D eigenvalue weighted by atomic mass is 9.94. The quantitative estimate of drug-likeness (QED) is 0.173. The molecule has 41 heavy (non-hydrogen) atoms. The van der Waals surface area contributed by atoms with Crippen molar-refractivity contribution in [3.05, 3.63) is 151 Å². The van der Waals surface area contributed by atoms with Gasteiger partial charge >= 0.3 is 0 Å². The normalized spacial score (nSPS) is 10.3. The van der Waals surface area contributed by atoms with Crippen molar-refractivity contribution < 1.29 is 0 Å². The standard InChI is InChI=1S/C24H23N.C7H8.C4H8.C3H8.C2H6/c1-6-17(4)21(8-3)22-15-23-19(7-2)16-25(24(23)14-18(22)5)20-12-10-9-11-13-20;1-7-5-3-2-4-6-7;1-3-4-2;1-3-2;1-2/h6-16H,1-3H2,4-5H3;2-6H,1H3;3-4H,1-2H3;3H2,1-2H3;1-2H3/b21-17+;;4-3-;;. The first-order valence-electron chi connectivity index (χ1n) is 14.7. The fourth-order valence-electron chi connectivity index (χ4n) is 3.78. The summed E-state index contributed by atoms with van der Waals surface area (Å²) in [6.07, 6.45) is 13.1. The van der Waals surface area contributed by atoms with E-state index < -0.39 is 0 Å². The highest BCUT2D eigenvalue weighted by molar-refractivity contribution is 5.95. The maximum atomic E-state index is 3.99. The van der Waals surface area contributed by atoms with Gasteiger partial charge in [-0.05, 0) is 86.7 Å². The number of rotatable bonds is 5. The van der Waals surface area contributed by atoms with Gasteiger partial charge in [0.15, 0.2) is 0 Å². The van der Waals surface area contributed by atoms with Crippen molar-refractivity contribution in [1.82, 2.24) is 4.57 Å². The van der Waals surface area contributed by atoms with Crippen LogP contribution in [0.5, 0.6) is 0 Å². The van der Waals surface area contributed by atoms with Crippen LogP contribution in [-0.2, 0) is 0 Å². The second-order valence-electron chi connectivity index (χ2n) is 9.21. The Kier molecular flexibility index (Phi) is 19.5. The first-order chi connectivity index (χ1) is 19.8. The number of benzene rings is 3. The molecule has 4 rings (SSSR count). The van der Waals surface area contributed by atoms with Crippen LogP contribution in [0.2, 0.25) is 0 Å². The highest BCUT2D eigenvalue weighted by Gasteiger charge is 2.13. The van der Waals surface area contributed by atoms with E-state index in [0.717, 1.165) is 22.4 Å². The van der Waals surface area contributed by atoms with Crippen molar-refractivity contribution >= 4 is 22.6 Å². The summed E-state index contributed by atoms with van der Waals surface area (Å²) in [5, 5.41) is 1.19. The highest BCUT2D eigenvalue weighted by atomic mass is 15.0. The zero-order valence-corrected chi connectivity index (χ0v) is 27.2. The van der Waals surface area contributed by atoms with E-state index in [-0.39, 0.29) is 0 Å². The largest absolute Gasteiger partial charge is 0.316 e. The van der Waals surface area contributed by atoms with Crippen molar-refractivity contribution in [3.8, 4) is 5.69 Å². The average molecular weight is 548 g/mol. The number of aromatic nitrogens is 1. The Labute approximate surface area is 252 Å². The molecule has 0 spiro atoms. The summed E-state index contributed by atoms with van der Waals surface area (Å²) in [5.41, 5.74) is 9.43. The molecule has 0 aliphatic rings. The molecule has 218 valence electrons. The molecule has 0 N–H and O–H groups in total. The Balaban J connectivity index is 0.000000821. The van der Waals surface area contributed by atoms with Gasteiger partial charge in [0.1, 0.15) is 0 Å². The predicted molar refractivity (Wildman–Crippen MR) is 190 cm³/mol. The lowest BCUT2D eigenvalue weighted by Gasteiger charge is -2.12. The molecular weight excluding hydrogens is 494 g/mol. The third kappa shape index (κ3) is 11.9. The Morgan fingerprint density at radius 1 is 0.780 bits per heavy atom. The maximum absolute atomic E-state index is 3.99. The predicted octanol–water partition coefficient (Wildman–Crippen LogP) is 12.7. The van der Waals surface area contributed by atoms with E-state index in [0.29, 0.717) is 0 Å². The van der Waals surface area contributed by atoms with Crippen LogP contribution >= 0.6 is 0 Å². The fourth-order valence-corrected chi connectivity index (χ4v) is 3.78. The Morgan fingerprint density at radius 3 is 1.68 bits per heavy atom. The van der Waals surface area contributed by atoms with Crippen molar-refractivity contribution in [1.29, 1.82) is 0 Å². The van der Waals surface area contributed by atoms with E-state index in [2.05, 4.69) is 114 Å². The highest BCUT2D eigenvalue weighted by Crippen LogP contribution is 2.32. The van der Waals surface area contributed by atoms with Crippen LogP contribution in [-0.4, -0.2) is 4.57 Å². The molecule has 0 aliphatic carbocycles. The number of aryl methyl sites for hydroxylation is 2. The minimum atomic E-state index is 1.12. The van der Waals surface area contributed by atoms with E-state index >= 15 is 0 Å². The maximum Gasteiger partial charge on any atom is 0.0537 e. The lowest BCUT2D eigenvalue weighted by Crippen LogP contribution is -1.94. The molecule has 0 fully saturated rings. The van der Waals surface area contributed by atoms with Crippen molar-refractivity contribution in [2.24, 2.45) is 0 Å². The van der Waals surface area contributed by atoms with Crippen molar-refractivity contribution in [2.75, 3.05) is 0 Å². The lowest BCUT2D eigenvalue weighted by molar-refractivity contribution is 1.09. The first-order valence-corrected chi connectivity index (χ1v) is 14.7. The first kappa shape index (κ1) is 36.9. The monoisotopic (exact) mass is 547 g/mol. The summed E-state index contributed by atoms with van der Waals surface area (Å²) in [5.74, 6) is 0. The van der Waals surface area contributed by atoms with Gasteiger partial charge in [0.2, 0.25) is 0 Å².